The zero-order valence-corrected chi connectivity index (χ0v) is 6.96. The molecule has 1 saturated heterocycles. The van der Waals surface area contributed by atoms with Crippen LogP contribution in [0.15, 0.2) is 5.16 Å². The molecule has 0 bridgehead atoms. The van der Waals surface area contributed by atoms with Crippen molar-refractivity contribution in [2.24, 2.45) is 11.1 Å². The van der Waals surface area contributed by atoms with Gasteiger partial charge in [-0.05, 0) is 20.3 Å². The third-order valence-corrected chi connectivity index (χ3v) is 2.28. The molecule has 0 aromatic rings. The van der Waals surface area contributed by atoms with Gasteiger partial charge in [0.2, 0.25) is 0 Å². The van der Waals surface area contributed by atoms with Crippen LogP contribution in [0.5, 0.6) is 0 Å². The van der Waals surface area contributed by atoms with Crippen molar-refractivity contribution in [2.75, 3.05) is 13.2 Å². The van der Waals surface area contributed by atoms with Crippen LogP contribution >= 0.6 is 0 Å². The normalized spacial score (nSPS) is 34.0. The second-order valence-electron chi connectivity index (χ2n) is 3.83. The second-order valence-corrected chi connectivity index (χ2v) is 3.83. The van der Waals surface area contributed by atoms with Crippen molar-refractivity contribution in [3.63, 3.8) is 0 Å². The van der Waals surface area contributed by atoms with Gasteiger partial charge >= 0.3 is 0 Å². The van der Waals surface area contributed by atoms with Crippen LogP contribution in [-0.4, -0.2) is 24.5 Å². The topological polar surface area (TPSA) is 30.8 Å². The van der Waals surface area contributed by atoms with Crippen LogP contribution in [0.1, 0.15) is 20.3 Å². The van der Waals surface area contributed by atoms with E-state index in [9.17, 15) is 0 Å². The lowest BCUT2D eigenvalue weighted by molar-refractivity contribution is -0.0263. The van der Waals surface area contributed by atoms with Crippen molar-refractivity contribution in [3.05, 3.63) is 0 Å². The van der Waals surface area contributed by atoms with Gasteiger partial charge in [0.05, 0.1) is 17.9 Å². The third kappa shape index (κ3) is 1.25. The van der Waals surface area contributed by atoms with Gasteiger partial charge in [0.25, 0.3) is 0 Å². The van der Waals surface area contributed by atoms with E-state index in [2.05, 4.69) is 19.0 Å². The Morgan fingerprint density at radius 3 is 3.18 bits per heavy atom. The fourth-order valence-corrected chi connectivity index (χ4v) is 1.62. The van der Waals surface area contributed by atoms with Crippen molar-refractivity contribution in [1.29, 1.82) is 0 Å². The van der Waals surface area contributed by atoms with Crippen molar-refractivity contribution in [2.45, 2.75) is 25.9 Å². The molecular formula is C8H13NO2. The van der Waals surface area contributed by atoms with E-state index in [1.807, 2.05) is 0 Å². The van der Waals surface area contributed by atoms with E-state index in [4.69, 9.17) is 9.57 Å². The first-order valence-electron chi connectivity index (χ1n) is 4.00. The molecule has 2 heterocycles. The third-order valence-electron chi connectivity index (χ3n) is 2.28. The summed E-state index contributed by atoms with van der Waals surface area (Å²) in [6, 6.07) is 0. The van der Waals surface area contributed by atoms with Crippen molar-refractivity contribution >= 4 is 5.71 Å². The smallest absolute Gasteiger partial charge is 0.125 e. The van der Waals surface area contributed by atoms with E-state index in [0.717, 1.165) is 18.7 Å². The minimum Gasteiger partial charge on any atom is -0.395 e. The Hall–Kier alpha value is -0.570. The maximum absolute atomic E-state index is 5.57. The van der Waals surface area contributed by atoms with Crippen molar-refractivity contribution in [3.8, 4) is 0 Å². The molecule has 2 aliphatic rings. The number of fused-ring (bicyclic) bond motifs is 1. The Bertz CT molecular complexity index is 198. The molecule has 1 atom stereocenters. The van der Waals surface area contributed by atoms with E-state index < -0.39 is 0 Å². The molecule has 3 heteroatoms. The predicted molar refractivity (Wildman–Crippen MR) is 41.5 cm³/mol. The minimum atomic E-state index is 0.0113. The number of oxime groups is 1. The maximum atomic E-state index is 5.57. The number of nitrogens with zero attached hydrogens (tertiary/aromatic N) is 1. The first-order valence-corrected chi connectivity index (χ1v) is 4.00. The van der Waals surface area contributed by atoms with E-state index >= 15 is 0 Å². The average molecular weight is 155 g/mol. The van der Waals surface area contributed by atoms with Crippen LogP contribution in [0.2, 0.25) is 0 Å². The van der Waals surface area contributed by atoms with Gasteiger partial charge in [0, 0.05) is 5.92 Å². The standard InChI is InChI=1S/C8H13NO2/c1-8(2)3-6-4-11-9-7(6)5-10-8/h6H,3-5H2,1-2H3/t6-/m1/s1. The van der Waals surface area contributed by atoms with Gasteiger partial charge in [-0.3, -0.25) is 0 Å². The summed E-state index contributed by atoms with van der Waals surface area (Å²) in [4.78, 5) is 4.99. The molecule has 0 unspecified atom stereocenters. The first-order chi connectivity index (χ1) is 5.17. The monoisotopic (exact) mass is 155 g/mol. The molecular weight excluding hydrogens is 142 g/mol. The average Bonchev–Trinajstić information content (AvgIpc) is 2.31. The van der Waals surface area contributed by atoms with E-state index in [1.54, 1.807) is 0 Å². The summed E-state index contributed by atoms with van der Waals surface area (Å²) < 4.78 is 5.57. The maximum Gasteiger partial charge on any atom is 0.125 e. The fraction of sp³-hybridized carbons (Fsp3) is 0.875. The lowest BCUT2D eigenvalue weighted by Gasteiger charge is -2.32. The summed E-state index contributed by atoms with van der Waals surface area (Å²) in [6.45, 7) is 5.63. The Labute approximate surface area is 66.4 Å². The summed E-state index contributed by atoms with van der Waals surface area (Å²) in [5.41, 5.74) is 1.10. The van der Waals surface area contributed by atoms with E-state index in [0.29, 0.717) is 12.5 Å². The van der Waals surface area contributed by atoms with Gasteiger partial charge in [0.1, 0.15) is 6.61 Å². The second kappa shape index (κ2) is 2.21. The molecule has 0 radical (unpaired) electrons. The summed E-state index contributed by atoms with van der Waals surface area (Å²) >= 11 is 0. The summed E-state index contributed by atoms with van der Waals surface area (Å²) in [6.07, 6.45) is 1.03. The van der Waals surface area contributed by atoms with Crippen LogP contribution in [0.3, 0.4) is 0 Å². The molecule has 0 aromatic heterocycles. The summed E-state index contributed by atoms with van der Waals surface area (Å²) in [5.74, 6) is 0.513. The van der Waals surface area contributed by atoms with Crippen molar-refractivity contribution < 1.29 is 9.57 Å². The molecule has 11 heavy (non-hydrogen) atoms. The van der Waals surface area contributed by atoms with Crippen LogP contribution in [0, 0.1) is 5.92 Å². The Morgan fingerprint density at radius 1 is 1.55 bits per heavy atom. The highest BCUT2D eigenvalue weighted by Crippen LogP contribution is 2.29. The summed E-state index contributed by atoms with van der Waals surface area (Å²) in [5, 5.41) is 3.91. The first kappa shape index (κ1) is 7.10. The van der Waals surface area contributed by atoms with Gasteiger partial charge < -0.3 is 9.57 Å². The van der Waals surface area contributed by atoms with Crippen LogP contribution in [0.25, 0.3) is 0 Å². The molecule has 2 aliphatic heterocycles. The Morgan fingerprint density at radius 2 is 2.36 bits per heavy atom. The predicted octanol–water partition coefficient (Wildman–Crippen LogP) is 1.19. The highest BCUT2D eigenvalue weighted by atomic mass is 16.6. The van der Waals surface area contributed by atoms with Gasteiger partial charge in [-0.15, -0.1) is 0 Å². The molecule has 0 aliphatic carbocycles. The van der Waals surface area contributed by atoms with Crippen LogP contribution < -0.4 is 0 Å². The molecule has 2 rings (SSSR count). The number of hydrogen-bond acceptors (Lipinski definition) is 3. The largest absolute Gasteiger partial charge is 0.395 e. The van der Waals surface area contributed by atoms with Gasteiger partial charge in [0.15, 0.2) is 0 Å². The lowest BCUT2D eigenvalue weighted by atomic mass is 9.88. The minimum absolute atomic E-state index is 0.0113. The van der Waals surface area contributed by atoms with Crippen molar-refractivity contribution in [1.82, 2.24) is 0 Å². The zero-order chi connectivity index (χ0) is 7.90. The number of rotatable bonds is 0. The fourth-order valence-electron chi connectivity index (χ4n) is 1.62. The molecule has 0 saturated carbocycles. The molecule has 1 fully saturated rings. The molecule has 3 nitrogen and oxygen atoms in total. The molecule has 0 amide bonds. The van der Waals surface area contributed by atoms with Gasteiger partial charge in [-0.25, -0.2) is 0 Å². The lowest BCUT2D eigenvalue weighted by Crippen LogP contribution is -2.39. The van der Waals surface area contributed by atoms with Gasteiger partial charge in [-0.1, -0.05) is 5.16 Å². The Kier molecular flexibility index (Phi) is 1.42. The quantitative estimate of drug-likeness (QED) is 0.526. The highest BCUT2D eigenvalue weighted by molar-refractivity contribution is 5.89. The zero-order valence-electron chi connectivity index (χ0n) is 6.96. The van der Waals surface area contributed by atoms with Gasteiger partial charge in [-0.2, -0.15) is 0 Å². The molecule has 0 spiro atoms. The molecule has 0 N–H and O–H groups in total. The van der Waals surface area contributed by atoms with E-state index in [1.165, 1.54) is 0 Å². The Balaban J connectivity index is 2.10. The highest BCUT2D eigenvalue weighted by Gasteiger charge is 2.36. The molecule has 0 aromatic carbocycles. The summed E-state index contributed by atoms with van der Waals surface area (Å²) in [7, 11) is 0. The SMILES string of the molecule is CC1(C)C[C@@H]2CON=C2CO1. The molecule has 62 valence electrons. The van der Waals surface area contributed by atoms with Crippen LogP contribution in [-0.2, 0) is 9.57 Å². The van der Waals surface area contributed by atoms with E-state index in [-0.39, 0.29) is 5.60 Å². The number of hydrogen-bond donors (Lipinski definition) is 0. The number of ether oxygens (including phenoxy) is 1. The van der Waals surface area contributed by atoms with Crippen LogP contribution in [0.4, 0.5) is 0 Å².